The Morgan fingerprint density at radius 1 is 1.15 bits per heavy atom. The molecule has 0 saturated carbocycles. The molecule has 0 spiro atoms. The predicted molar refractivity (Wildman–Crippen MR) is 99.5 cm³/mol. The largest absolute Gasteiger partial charge is 0.490 e. The second-order valence-electron chi connectivity index (χ2n) is 5.10. The van der Waals surface area contributed by atoms with Gasteiger partial charge >= 0.3 is 0 Å². The molecule has 0 heterocycles. The van der Waals surface area contributed by atoms with Gasteiger partial charge < -0.3 is 4.74 Å². The molecular weight excluding hydrogens is 354 g/mol. The van der Waals surface area contributed by atoms with Gasteiger partial charge in [0, 0.05) is 0 Å². The van der Waals surface area contributed by atoms with E-state index in [0.29, 0.717) is 12.4 Å². The van der Waals surface area contributed by atoms with Crippen LogP contribution in [0, 0.1) is 0 Å². The Kier molecular flexibility index (Phi) is 7.07. The fourth-order valence-corrected chi connectivity index (χ4v) is 2.90. The molecule has 0 bridgehead atoms. The van der Waals surface area contributed by atoms with Gasteiger partial charge in [0.05, 0.1) is 17.7 Å². The maximum absolute atomic E-state index is 12.0. The number of nitrogens with one attached hydrogen (secondary N) is 2. The molecule has 2 aromatic rings. The zero-order valence-electron chi connectivity index (χ0n) is 14.0. The number of nitrogens with zero attached hydrogens (tertiary/aromatic N) is 1. The molecule has 1 amide bonds. The summed E-state index contributed by atoms with van der Waals surface area (Å²) in [6.45, 7) is 3.54. The summed E-state index contributed by atoms with van der Waals surface area (Å²) in [6, 6.07) is 14.9. The van der Waals surface area contributed by atoms with Crippen LogP contribution in [0.5, 0.6) is 5.75 Å². The lowest BCUT2D eigenvalue weighted by Crippen LogP contribution is -2.34. The van der Waals surface area contributed by atoms with E-state index in [1.165, 1.54) is 18.3 Å². The summed E-state index contributed by atoms with van der Waals surface area (Å²) in [5, 5.41) is 3.80. The number of amides is 1. The van der Waals surface area contributed by atoms with Gasteiger partial charge in [-0.25, -0.2) is 18.6 Å². The van der Waals surface area contributed by atoms with E-state index in [9.17, 15) is 13.2 Å². The van der Waals surface area contributed by atoms with Crippen LogP contribution >= 0.6 is 0 Å². The van der Waals surface area contributed by atoms with Gasteiger partial charge in [0.15, 0.2) is 0 Å². The highest BCUT2D eigenvalue weighted by molar-refractivity contribution is 7.89. The van der Waals surface area contributed by atoms with Crippen molar-refractivity contribution >= 4 is 22.1 Å². The zero-order chi connectivity index (χ0) is 18.8. The standard InChI is InChI=1S/C18H19N3O4S/c1-2-11-25-16-8-6-7-15(12-16)13-19-21-18(22)14-20-26(23,24)17-9-4-3-5-10-17/h2-10,12-13,20H,1,11,14H2,(H,21,22)/b19-13-. The van der Waals surface area contributed by atoms with Gasteiger partial charge in [0.2, 0.25) is 10.0 Å². The molecule has 2 N–H and O–H groups in total. The van der Waals surface area contributed by atoms with Crippen molar-refractivity contribution in [1.82, 2.24) is 10.1 Å². The van der Waals surface area contributed by atoms with Crippen LogP contribution in [0.15, 0.2) is 77.2 Å². The second-order valence-corrected chi connectivity index (χ2v) is 6.87. The first-order chi connectivity index (χ1) is 12.5. The fourth-order valence-electron chi connectivity index (χ4n) is 1.90. The minimum absolute atomic E-state index is 0.0904. The molecule has 0 aromatic heterocycles. The maximum Gasteiger partial charge on any atom is 0.255 e. The monoisotopic (exact) mass is 373 g/mol. The van der Waals surface area contributed by atoms with Gasteiger partial charge in [0.1, 0.15) is 12.4 Å². The number of hydrogen-bond acceptors (Lipinski definition) is 5. The molecule has 0 aliphatic carbocycles. The molecular formula is C18H19N3O4S. The number of rotatable bonds is 9. The molecule has 0 saturated heterocycles. The van der Waals surface area contributed by atoms with E-state index < -0.39 is 22.5 Å². The third-order valence-electron chi connectivity index (χ3n) is 3.11. The molecule has 8 heteroatoms. The van der Waals surface area contributed by atoms with E-state index in [1.807, 2.05) is 0 Å². The topological polar surface area (TPSA) is 96.9 Å². The first-order valence-electron chi connectivity index (χ1n) is 7.71. The van der Waals surface area contributed by atoms with Crippen LogP contribution in [-0.4, -0.2) is 33.7 Å². The van der Waals surface area contributed by atoms with Crippen molar-refractivity contribution in [2.45, 2.75) is 4.90 Å². The van der Waals surface area contributed by atoms with Gasteiger partial charge in [-0.05, 0) is 29.8 Å². The van der Waals surface area contributed by atoms with Crippen molar-refractivity contribution in [2.75, 3.05) is 13.2 Å². The summed E-state index contributed by atoms with van der Waals surface area (Å²) in [4.78, 5) is 11.8. The number of ether oxygens (including phenoxy) is 1. The lowest BCUT2D eigenvalue weighted by atomic mass is 10.2. The molecule has 136 valence electrons. The van der Waals surface area contributed by atoms with E-state index in [0.717, 1.165) is 5.56 Å². The highest BCUT2D eigenvalue weighted by atomic mass is 32.2. The van der Waals surface area contributed by atoms with Crippen molar-refractivity contribution in [1.29, 1.82) is 0 Å². The SMILES string of the molecule is C=CCOc1cccc(/C=N\NC(=O)CNS(=O)(=O)c2ccccc2)c1. The first kappa shape index (κ1) is 19.4. The lowest BCUT2D eigenvalue weighted by Gasteiger charge is -2.05. The molecule has 0 atom stereocenters. The average Bonchev–Trinajstić information content (AvgIpc) is 2.66. The van der Waals surface area contributed by atoms with Crippen LogP contribution in [-0.2, 0) is 14.8 Å². The van der Waals surface area contributed by atoms with E-state index in [4.69, 9.17) is 4.74 Å². The molecule has 26 heavy (non-hydrogen) atoms. The van der Waals surface area contributed by atoms with Crippen molar-refractivity contribution in [3.05, 3.63) is 72.8 Å². The number of benzene rings is 2. The van der Waals surface area contributed by atoms with Crippen molar-refractivity contribution < 1.29 is 17.9 Å². The molecule has 0 aliphatic heterocycles. The van der Waals surface area contributed by atoms with E-state index in [2.05, 4.69) is 21.8 Å². The molecule has 0 fully saturated rings. The Hall–Kier alpha value is -2.97. The molecule has 2 rings (SSSR count). The smallest absolute Gasteiger partial charge is 0.255 e. The Labute approximate surface area is 152 Å². The quantitative estimate of drug-likeness (QED) is 0.397. The van der Waals surface area contributed by atoms with Crippen LogP contribution < -0.4 is 14.9 Å². The van der Waals surface area contributed by atoms with Crippen molar-refractivity contribution in [3.8, 4) is 5.75 Å². The third-order valence-corrected chi connectivity index (χ3v) is 4.52. The van der Waals surface area contributed by atoms with Crippen LogP contribution in [0.1, 0.15) is 5.56 Å². The van der Waals surface area contributed by atoms with E-state index in [1.54, 1.807) is 48.5 Å². The Bertz CT molecular complexity index is 880. The number of hydrazone groups is 1. The summed E-state index contributed by atoms with van der Waals surface area (Å²) >= 11 is 0. The highest BCUT2D eigenvalue weighted by Gasteiger charge is 2.14. The Morgan fingerprint density at radius 3 is 2.65 bits per heavy atom. The summed E-state index contributed by atoms with van der Waals surface area (Å²) in [5.41, 5.74) is 2.98. The highest BCUT2D eigenvalue weighted by Crippen LogP contribution is 2.11. The first-order valence-corrected chi connectivity index (χ1v) is 9.20. The van der Waals surface area contributed by atoms with Crippen molar-refractivity contribution in [3.63, 3.8) is 0 Å². The minimum atomic E-state index is -3.73. The van der Waals surface area contributed by atoms with Gasteiger partial charge in [0.25, 0.3) is 5.91 Å². The Morgan fingerprint density at radius 2 is 1.92 bits per heavy atom. The third kappa shape index (κ3) is 6.15. The summed E-state index contributed by atoms with van der Waals surface area (Å²) in [7, 11) is -3.73. The van der Waals surface area contributed by atoms with Crippen LogP contribution in [0.25, 0.3) is 0 Å². The zero-order valence-corrected chi connectivity index (χ0v) is 14.8. The fraction of sp³-hybridized carbons (Fsp3) is 0.111. The molecule has 0 aliphatic rings. The summed E-state index contributed by atoms with van der Waals surface area (Å²) in [6.07, 6.45) is 3.07. The predicted octanol–water partition coefficient (Wildman–Crippen LogP) is 1.68. The van der Waals surface area contributed by atoms with Gasteiger partial charge in [-0.3, -0.25) is 4.79 Å². The summed E-state index contributed by atoms with van der Waals surface area (Å²) in [5.74, 6) is 0.0654. The number of carbonyl (C=O) groups is 1. The Balaban J connectivity index is 1.85. The molecule has 7 nitrogen and oxygen atoms in total. The molecule has 2 aromatic carbocycles. The number of carbonyl (C=O) groups excluding carboxylic acids is 1. The summed E-state index contributed by atoms with van der Waals surface area (Å²) < 4.78 is 31.6. The van der Waals surface area contributed by atoms with Crippen LogP contribution in [0.4, 0.5) is 0 Å². The average molecular weight is 373 g/mol. The van der Waals surface area contributed by atoms with E-state index >= 15 is 0 Å². The van der Waals surface area contributed by atoms with Gasteiger partial charge in [-0.2, -0.15) is 5.10 Å². The van der Waals surface area contributed by atoms with Gasteiger partial charge in [-0.15, -0.1) is 0 Å². The number of sulfonamides is 1. The molecule has 0 radical (unpaired) electrons. The van der Waals surface area contributed by atoms with Gasteiger partial charge in [-0.1, -0.05) is 43.0 Å². The molecule has 0 unspecified atom stereocenters. The van der Waals surface area contributed by atoms with Crippen LogP contribution in [0.2, 0.25) is 0 Å². The van der Waals surface area contributed by atoms with E-state index in [-0.39, 0.29) is 4.90 Å². The number of hydrogen-bond donors (Lipinski definition) is 2. The second kappa shape index (κ2) is 9.50. The van der Waals surface area contributed by atoms with Crippen molar-refractivity contribution in [2.24, 2.45) is 5.10 Å². The normalized spacial score (nSPS) is 11.2. The maximum atomic E-state index is 12.0. The lowest BCUT2D eigenvalue weighted by molar-refractivity contribution is -0.119. The van der Waals surface area contributed by atoms with Crippen LogP contribution in [0.3, 0.4) is 0 Å². The minimum Gasteiger partial charge on any atom is -0.490 e.